The van der Waals surface area contributed by atoms with Gasteiger partial charge >= 0.3 is 5.97 Å². The topological polar surface area (TPSA) is 89.5 Å². The Morgan fingerprint density at radius 1 is 1.07 bits per heavy atom. The molecule has 29 heavy (non-hydrogen) atoms. The van der Waals surface area contributed by atoms with Crippen LogP contribution in [0.5, 0.6) is 0 Å². The maximum absolute atomic E-state index is 12.8. The van der Waals surface area contributed by atoms with Crippen molar-refractivity contribution in [1.29, 1.82) is 0 Å². The van der Waals surface area contributed by atoms with Gasteiger partial charge in [-0.05, 0) is 29.9 Å². The van der Waals surface area contributed by atoms with Gasteiger partial charge in [-0.3, -0.25) is 9.59 Å². The van der Waals surface area contributed by atoms with Crippen molar-refractivity contribution in [3.05, 3.63) is 41.5 Å². The summed E-state index contributed by atoms with van der Waals surface area (Å²) in [4.78, 5) is 24.6. The summed E-state index contributed by atoms with van der Waals surface area (Å²) >= 11 is 0. The van der Waals surface area contributed by atoms with Crippen LogP contribution >= 0.6 is 0 Å². The molecule has 6 nitrogen and oxygen atoms in total. The quantitative estimate of drug-likeness (QED) is 0.707. The third-order valence-electron chi connectivity index (χ3n) is 5.56. The van der Waals surface area contributed by atoms with Crippen LogP contribution in [0.25, 0.3) is 6.08 Å². The van der Waals surface area contributed by atoms with Crippen LogP contribution in [-0.4, -0.2) is 38.2 Å². The number of esters is 1. The molecule has 5 atom stereocenters. The Labute approximate surface area is 172 Å². The number of nitrogens with one attached hydrogen (secondary N) is 1. The van der Waals surface area contributed by atoms with Gasteiger partial charge in [-0.1, -0.05) is 57.2 Å². The highest BCUT2D eigenvalue weighted by atomic mass is 32.2. The highest BCUT2D eigenvalue weighted by molar-refractivity contribution is 7.90. The normalized spacial score (nSPS) is 34.0. The van der Waals surface area contributed by atoms with Gasteiger partial charge in [-0.25, -0.2) is 8.42 Å². The fourth-order valence-corrected chi connectivity index (χ4v) is 5.66. The first-order valence-electron chi connectivity index (χ1n) is 10.1. The number of cyclic esters (lactones) is 1. The van der Waals surface area contributed by atoms with E-state index < -0.39 is 21.9 Å². The standard InChI is InChI=1S/C22H29NO5S/c1-14-7-8-17-5-4-6-18(11-17)13-29(26,27)12-16(3)21(24)23-19(9-14)20-10-15(2)22(25)28-20/h4-8,11,14-16,19-20H,9-10,12-13H2,1-3H3,(H,23,24)/b8-7-/t14-,15-,16-,19+,20+/m1/s1. The molecular formula is C22H29NO5S. The van der Waals surface area contributed by atoms with Crippen molar-refractivity contribution in [2.75, 3.05) is 5.75 Å². The molecule has 2 aliphatic rings. The lowest BCUT2D eigenvalue weighted by Crippen LogP contribution is -2.47. The van der Waals surface area contributed by atoms with Crippen molar-refractivity contribution in [2.24, 2.45) is 17.8 Å². The maximum atomic E-state index is 12.8. The molecule has 1 aromatic carbocycles. The van der Waals surface area contributed by atoms with Crippen LogP contribution in [0.2, 0.25) is 0 Å². The van der Waals surface area contributed by atoms with E-state index in [1.165, 1.54) is 0 Å². The number of benzene rings is 1. The second-order valence-corrected chi connectivity index (χ2v) is 10.6. The number of carbonyl (C=O) groups excluding carboxylic acids is 2. The fraction of sp³-hybridized carbons (Fsp3) is 0.545. The molecule has 7 heteroatoms. The molecule has 1 fully saturated rings. The Hall–Kier alpha value is -2.15. The number of rotatable bonds is 1. The Morgan fingerprint density at radius 2 is 1.83 bits per heavy atom. The molecule has 0 saturated carbocycles. The molecule has 158 valence electrons. The first-order valence-corrected chi connectivity index (χ1v) is 11.9. The largest absolute Gasteiger partial charge is 0.460 e. The van der Waals surface area contributed by atoms with E-state index in [1.54, 1.807) is 13.0 Å². The molecule has 2 heterocycles. The summed E-state index contributed by atoms with van der Waals surface area (Å²) < 4.78 is 30.7. The average molecular weight is 420 g/mol. The summed E-state index contributed by atoms with van der Waals surface area (Å²) in [5.41, 5.74) is 1.66. The predicted octanol–water partition coefficient (Wildman–Crippen LogP) is 2.73. The van der Waals surface area contributed by atoms with Gasteiger partial charge in [0.15, 0.2) is 9.84 Å². The van der Waals surface area contributed by atoms with Gasteiger partial charge in [-0.2, -0.15) is 0 Å². The predicted molar refractivity (Wildman–Crippen MR) is 112 cm³/mol. The highest BCUT2D eigenvalue weighted by Gasteiger charge is 2.38. The summed E-state index contributed by atoms with van der Waals surface area (Å²) in [6.07, 6.45) is 4.78. The molecular weight excluding hydrogens is 390 g/mol. The molecule has 0 unspecified atom stereocenters. The van der Waals surface area contributed by atoms with E-state index in [-0.39, 0.29) is 41.3 Å². The summed E-state index contributed by atoms with van der Waals surface area (Å²) in [7, 11) is -3.45. The molecule has 0 spiro atoms. The Kier molecular flexibility index (Phi) is 6.46. The van der Waals surface area contributed by atoms with Gasteiger partial charge in [0.1, 0.15) is 6.10 Å². The van der Waals surface area contributed by atoms with E-state index in [0.29, 0.717) is 18.4 Å². The Bertz CT molecular complexity index is 908. The average Bonchev–Trinajstić information content (AvgIpc) is 2.97. The van der Waals surface area contributed by atoms with E-state index >= 15 is 0 Å². The number of allylic oxidation sites excluding steroid dienone is 1. The fourth-order valence-electron chi connectivity index (χ4n) is 3.94. The minimum Gasteiger partial charge on any atom is -0.460 e. The van der Waals surface area contributed by atoms with Crippen LogP contribution < -0.4 is 5.32 Å². The molecule has 1 aromatic rings. The van der Waals surface area contributed by atoms with Crippen LogP contribution in [0.1, 0.15) is 44.7 Å². The zero-order valence-corrected chi connectivity index (χ0v) is 17.9. The van der Waals surface area contributed by atoms with Crippen LogP contribution in [0.15, 0.2) is 30.3 Å². The molecule has 1 amide bonds. The van der Waals surface area contributed by atoms with Crippen LogP contribution in [0, 0.1) is 17.8 Å². The molecule has 0 aliphatic carbocycles. The van der Waals surface area contributed by atoms with Crippen molar-refractivity contribution < 1.29 is 22.7 Å². The molecule has 2 aliphatic heterocycles. The van der Waals surface area contributed by atoms with Crippen LogP contribution in [-0.2, 0) is 29.9 Å². The van der Waals surface area contributed by atoms with Gasteiger partial charge in [0.25, 0.3) is 0 Å². The number of ether oxygens (including phenoxy) is 1. The van der Waals surface area contributed by atoms with E-state index in [0.717, 1.165) is 5.56 Å². The minimum absolute atomic E-state index is 0.0942. The first-order chi connectivity index (χ1) is 13.6. The maximum Gasteiger partial charge on any atom is 0.309 e. The molecule has 1 saturated heterocycles. The number of sulfone groups is 1. The van der Waals surface area contributed by atoms with Gasteiger partial charge in [0, 0.05) is 5.92 Å². The smallest absolute Gasteiger partial charge is 0.309 e. The van der Waals surface area contributed by atoms with Crippen LogP contribution in [0.4, 0.5) is 0 Å². The van der Waals surface area contributed by atoms with Crippen LogP contribution in [0.3, 0.4) is 0 Å². The highest BCUT2D eigenvalue weighted by Crippen LogP contribution is 2.27. The van der Waals surface area contributed by atoms with Crippen molar-refractivity contribution in [3.8, 4) is 0 Å². The summed E-state index contributed by atoms with van der Waals surface area (Å²) in [5.74, 6) is -1.63. The lowest BCUT2D eigenvalue weighted by molar-refractivity contribution is -0.145. The van der Waals surface area contributed by atoms with Gasteiger partial charge in [0.05, 0.1) is 23.5 Å². The summed E-state index contributed by atoms with van der Waals surface area (Å²) in [5, 5.41) is 2.96. The second-order valence-electron chi connectivity index (χ2n) is 8.50. The van der Waals surface area contributed by atoms with Crippen molar-refractivity contribution in [2.45, 2.75) is 51.5 Å². The number of hydrogen-bond donors (Lipinski definition) is 1. The molecule has 2 bridgehead atoms. The Morgan fingerprint density at radius 3 is 2.52 bits per heavy atom. The first kappa shape index (κ1) is 21.6. The monoisotopic (exact) mass is 419 g/mol. The lowest BCUT2D eigenvalue weighted by atomic mass is 9.93. The summed E-state index contributed by atoms with van der Waals surface area (Å²) in [6, 6.07) is 7.10. The van der Waals surface area contributed by atoms with E-state index in [9.17, 15) is 18.0 Å². The Balaban J connectivity index is 1.90. The third kappa shape index (κ3) is 5.69. The number of carbonyl (C=O) groups is 2. The van der Waals surface area contributed by atoms with Gasteiger partial charge < -0.3 is 10.1 Å². The third-order valence-corrected chi connectivity index (χ3v) is 7.35. The molecule has 1 N–H and O–H groups in total. The van der Waals surface area contributed by atoms with Crippen molar-refractivity contribution in [1.82, 2.24) is 5.32 Å². The molecule has 0 aromatic heterocycles. The van der Waals surface area contributed by atoms with Gasteiger partial charge in [-0.15, -0.1) is 0 Å². The van der Waals surface area contributed by atoms with Gasteiger partial charge in [0.2, 0.25) is 5.91 Å². The van der Waals surface area contributed by atoms with E-state index in [4.69, 9.17) is 4.74 Å². The van der Waals surface area contributed by atoms with Crippen molar-refractivity contribution >= 4 is 27.8 Å². The minimum atomic E-state index is -3.45. The van der Waals surface area contributed by atoms with E-state index in [1.807, 2.05) is 37.3 Å². The number of fused-ring (bicyclic) bond motifs is 2. The number of amides is 1. The lowest BCUT2D eigenvalue weighted by Gasteiger charge is -2.27. The molecule has 0 radical (unpaired) electrons. The SMILES string of the molecule is C[C@@H]1/C=C\c2cccc(c2)CS(=O)(=O)C[C@@H](C)C(=O)N[C@H]([C@@H]2C[C@@H](C)C(=O)O2)C1. The molecule has 3 rings (SSSR count). The van der Waals surface area contributed by atoms with Crippen molar-refractivity contribution in [3.63, 3.8) is 0 Å². The number of hydrogen-bond acceptors (Lipinski definition) is 5. The van der Waals surface area contributed by atoms with E-state index in [2.05, 4.69) is 12.2 Å². The summed E-state index contributed by atoms with van der Waals surface area (Å²) in [6.45, 7) is 5.50. The zero-order valence-electron chi connectivity index (χ0n) is 17.1. The second kappa shape index (κ2) is 8.69. The zero-order chi connectivity index (χ0) is 21.2.